The molecule has 0 aromatic carbocycles. The van der Waals surface area contributed by atoms with Crippen LogP contribution in [0.4, 0.5) is 5.82 Å². The summed E-state index contributed by atoms with van der Waals surface area (Å²) in [6, 6.07) is 6.00. The highest BCUT2D eigenvalue weighted by molar-refractivity contribution is 5.97. The lowest BCUT2D eigenvalue weighted by Gasteiger charge is -2.31. The van der Waals surface area contributed by atoms with Crippen molar-refractivity contribution in [3.63, 3.8) is 0 Å². The Bertz CT molecular complexity index is 597. The number of nitriles is 1. The molecule has 1 aliphatic rings. The molecule has 0 atom stereocenters. The third-order valence-corrected chi connectivity index (χ3v) is 4.16. The first-order chi connectivity index (χ1) is 10.6. The van der Waals surface area contributed by atoms with E-state index in [1.54, 1.807) is 18.1 Å². The minimum absolute atomic E-state index is 0.109. The van der Waals surface area contributed by atoms with Gasteiger partial charge in [-0.3, -0.25) is 4.79 Å². The number of nitrogens with one attached hydrogen (secondary N) is 1. The second kappa shape index (κ2) is 7.60. The fraction of sp³-hybridized carbons (Fsp3) is 0.471. The largest absolute Gasteiger partial charge is 0.345 e. The lowest BCUT2D eigenvalue weighted by atomic mass is 9.94. The highest BCUT2D eigenvalue weighted by atomic mass is 16.2. The summed E-state index contributed by atoms with van der Waals surface area (Å²) in [6.45, 7) is 1.92. The lowest BCUT2D eigenvalue weighted by molar-refractivity contribution is -0.128. The molecule has 0 bridgehead atoms. The Labute approximate surface area is 131 Å². The maximum atomic E-state index is 12.5. The van der Waals surface area contributed by atoms with Crippen molar-refractivity contribution in [3.05, 3.63) is 35.7 Å². The van der Waals surface area contributed by atoms with E-state index in [0.717, 1.165) is 31.2 Å². The SMILES string of the molecule is Cc1cccnc1N/C=C(/C#N)C(=O)N(C)C1CCCCC1. The van der Waals surface area contributed by atoms with Crippen molar-refractivity contribution in [2.75, 3.05) is 12.4 Å². The van der Waals surface area contributed by atoms with Crippen molar-refractivity contribution in [1.82, 2.24) is 9.88 Å². The first-order valence-electron chi connectivity index (χ1n) is 7.69. The number of rotatable bonds is 4. The van der Waals surface area contributed by atoms with E-state index in [4.69, 9.17) is 0 Å². The van der Waals surface area contributed by atoms with Gasteiger partial charge in [-0.05, 0) is 31.4 Å². The van der Waals surface area contributed by atoms with Crippen molar-refractivity contribution in [2.45, 2.75) is 45.1 Å². The van der Waals surface area contributed by atoms with Gasteiger partial charge in [0.15, 0.2) is 0 Å². The molecule has 116 valence electrons. The predicted molar refractivity (Wildman–Crippen MR) is 85.9 cm³/mol. The molecule has 0 unspecified atom stereocenters. The number of carbonyl (C=O) groups is 1. The molecule has 1 heterocycles. The number of aromatic nitrogens is 1. The molecular weight excluding hydrogens is 276 g/mol. The molecule has 1 saturated carbocycles. The van der Waals surface area contributed by atoms with E-state index in [1.165, 1.54) is 12.6 Å². The van der Waals surface area contributed by atoms with E-state index in [9.17, 15) is 10.1 Å². The number of hydrogen-bond donors (Lipinski definition) is 1. The monoisotopic (exact) mass is 298 g/mol. The molecule has 1 aromatic heterocycles. The number of likely N-dealkylation sites (N-methyl/N-ethyl adjacent to an activating group) is 1. The summed E-state index contributed by atoms with van der Waals surface area (Å²) >= 11 is 0. The molecule has 0 spiro atoms. The Balaban J connectivity index is 2.06. The summed E-state index contributed by atoms with van der Waals surface area (Å²) in [5, 5.41) is 12.2. The van der Waals surface area contributed by atoms with Gasteiger partial charge in [0.2, 0.25) is 0 Å². The van der Waals surface area contributed by atoms with E-state index >= 15 is 0 Å². The molecule has 5 heteroatoms. The van der Waals surface area contributed by atoms with E-state index in [1.807, 2.05) is 25.1 Å². The first-order valence-corrected chi connectivity index (χ1v) is 7.69. The number of nitrogens with zero attached hydrogens (tertiary/aromatic N) is 3. The number of carbonyl (C=O) groups excluding carboxylic acids is 1. The first kappa shape index (κ1) is 16.0. The zero-order valence-electron chi connectivity index (χ0n) is 13.2. The molecule has 1 aromatic rings. The van der Waals surface area contributed by atoms with Crippen LogP contribution in [0.5, 0.6) is 0 Å². The molecule has 0 aliphatic heterocycles. The third kappa shape index (κ3) is 3.85. The molecule has 0 saturated heterocycles. The number of pyridine rings is 1. The van der Waals surface area contributed by atoms with Gasteiger partial charge in [0.25, 0.3) is 5.91 Å². The highest BCUT2D eigenvalue weighted by Gasteiger charge is 2.24. The van der Waals surface area contributed by atoms with Crippen LogP contribution < -0.4 is 5.32 Å². The average Bonchev–Trinajstić information content (AvgIpc) is 2.56. The summed E-state index contributed by atoms with van der Waals surface area (Å²) in [5.74, 6) is 0.429. The van der Waals surface area contributed by atoms with Gasteiger partial charge in [0, 0.05) is 25.5 Å². The van der Waals surface area contributed by atoms with Crippen LogP contribution in [0.2, 0.25) is 0 Å². The Hall–Kier alpha value is -2.35. The van der Waals surface area contributed by atoms with Crippen LogP contribution in [-0.2, 0) is 4.79 Å². The van der Waals surface area contributed by atoms with Crippen LogP contribution in [-0.4, -0.2) is 28.9 Å². The Kier molecular flexibility index (Phi) is 5.54. The summed E-state index contributed by atoms with van der Waals surface area (Å²) in [7, 11) is 1.79. The van der Waals surface area contributed by atoms with Gasteiger partial charge in [0.05, 0.1) is 0 Å². The summed E-state index contributed by atoms with van der Waals surface area (Å²) < 4.78 is 0. The van der Waals surface area contributed by atoms with Gasteiger partial charge >= 0.3 is 0 Å². The normalized spacial score (nSPS) is 16.0. The number of hydrogen-bond acceptors (Lipinski definition) is 4. The Morgan fingerprint density at radius 3 is 2.82 bits per heavy atom. The standard InChI is InChI=1S/C17H22N4O/c1-13-7-6-10-19-16(13)20-12-14(11-18)17(22)21(2)15-8-4-3-5-9-15/h6-7,10,12,15H,3-5,8-9H2,1-2H3,(H,19,20)/b14-12-. The van der Waals surface area contributed by atoms with E-state index in [0.29, 0.717) is 5.82 Å². The third-order valence-electron chi connectivity index (χ3n) is 4.16. The lowest BCUT2D eigenvalue weighted by Crippen LogP contribution is -2.39. The van der Waals surface area contributed by atoms with Gasteiger partial charge < -0.3 is 10.2 Å². The number of amides is 1. The van der Waals surface area contributed by atoms with Crippen LogP contribution in [0.1, 0.15) is 37.7 Å². The molecule has 1 amide bonds. The van der Waals surface area contributed by atoms with Crippen molar-refractivity contribution >= 4 is 11.7 Å². The van der Waals surface area contributed by atoms with Gasteiger partial charge in [0.1, 0.15) is 17.5 Å². The van der Waals surface area contributed by atoms with Crippen molar-refractivity contribution in [3.8, 4) is 6.07 Å². The van der Waals surface area contributed by atoms with Crippen molar-refractivity contribution < 1.29 is 4.79 Å². The smallest absolute Gasteiger partial charge is 0.266 e. The summed E-state index contributed by atoms with van der Waals surface area (Å²) in [6.07, 6.45) is 8.71. The van der Waals surface area contributed by atoms with E-state index in [-0.39, 0.29) is 17.5 Å². The van der Waals surface area contributed by atoms with Gasteiger partial charge in [-0.1, -0.05) is 25.3 Å². The van der Waals surface area contributed by atoms with Crippen molar-refractivity contribution in [1.29, 1.82) is 5.26 Å². The summed E-state index contributed by atoms with van der Waals surface area (Å²) in [5.41, 5.74) is 1.07. The molecule has 1 fully saturated rings. The van der Waals surface area contributed by atoms with E-state index in [2.05, 4.69) is 10.3 Å². The fourth-order valence-electron chi connectivity index (χ4n) is 2.74. The molecular formula is C17H22N4O. The maximum absolute atomic E-state index is 12.5. The molecule has 1 N–H and O–H groups in total. The topological polar surface area (TPSA) is 69.0 Å². The Morgan fingerprint density at radius 2 is 2.18 bits per heavy atom. The van der Waals surface area contributed by atoms with Gasteiger partial charge in [-0.25, -0.2) is 4.98 Å². The van der Waals surface area contributed by atoms with Gasteiger partial charge in [-0.2, -0.15) is 5.26 Å². The van der Waals surface area contributed by atoms with Crippen LogP contribution in [0.15, 0.2) is 30.1 Å². The number of anilines is 1. The molecule has 1 aliphatic carbocycles. The Morgan fingerprint density at radius 1 is 1.45 bits per heavy atom. The van der Waals surface area contributed by atoms with E-state index < -0.39 is 0 Å². The second-order valence-corrected chi connectivity index (χ2v) is 5.69. The molecule has 0 radical (unpaired) electrons. The zero-order valence-corrected chi connectivity index (χ0v) is 13.2. The molecule has 2 rings (SSSR count). The fourth-order valence-corrected chi connectivity index (χ4v) is 2.74. The van der Waals surface area contributed by atoms with Gasteiger partial charge in [-0.15, -0.1) is 0 Å². The molecule has 22 heavy (non-hydrogen) atoms. The van der Waals surface area contributed by atoms with Crippen LogP contribution in [0.25, 0.3) is 0 Å². The minimum atomic E-state index is -0.226. The highest BCUT2D eigenvalue weighted by Crippen LogP contribution is 2.22. The minimum Gasteiger partial charge on any atom is -0.345 e. The van der Waals surface area contributed by atoms with Crippen LogP contribution in [0, 0.1) is 18.3 Å². The van der Waals surface area contributed by atoms with Crippen LogP contribution in [0.3, 0.4) is 0 Å². The van der Waals surface area contributed by atoms with Crippen LogP contribution >= 0.6 is 0 Å². The maximum Gasteiger partial charge on any atom is 0.266 e. The molecule has 5 nitrogen and oxygen atoms in total. The number of aryl methyl sites for hydroxylation is 1. The summed E-state index contributed by atoms with van der Waals surface area (Å²) in [4.78, 5) is 18.4. The average molecular weight is 298 g/mol. The van der Waals surface area contributed by atoms with Crippen molar-refractivity contribution in [2.24, 2.45) is 0 Å². The zero-order chi connectivity index (χ0) is 15.9. The quantitative estimate of drug-likeness (QED) is 0.685. The second-order valence-electron chi connectivity index (χ2n) is 5.69. The predicted octanol–water partition coefficient (Wildman–Crippen LogP) is 3.00.